The number of amides is 17. The zero-order valence-electron chi connectivity index (χ0n) is 81.1. The zero-order valence-corrected chi connectivity index (χ0v) is 81.1. The molecule has 41 heteroatoms. The molecule has 1 fully saturated rings. The number of benzene rings is 3. The standard InChI is InChI=1S/C96H153N23O18/c1-55(2)46-72(113-91(132)74(48-57(5)6)112-85(126)68(35-20-24-42-98)109-87(128)70(39-40-80(102)121)107-82(123)60(10)106-83(124)65(101)50-61-28-13-11-14-29-61)89(130)110-67(34-19-23-41-97)84(125)108-69(36-21-25-43-99)86(127)116-76(51-62-30-15-12-16-31-62)93(134)118-78(54-120)94(135)115-75(49-58(7)8)92(133)114-73(47-56(3)4)90(131)111-71(37-22-26-44-100)96(137)119-45-27-38-79(119)95(136)117-77(88(129)105-59(9)81(103)122)52-63-53-104-66-33-18-17-32-64(63)66/h11-18,28-33,53,55-60,65,67-79,104,120H,19-27,34-52,54,97-101H2,1-10H3,(H2,102,121)(H2,103,122)(H,105,129)(H,106,124)(H,107,123)(H,108,125)(H,109,128)(H,110,130)(H,111,131)(H,112,126)(H,113,132)(H,114,133)(H,115,135)(H,116,127)(H,117,136)(H,118,134)/t59-,60-,65-,67-,68-,69-,70-,71-,72-,73-,74-,75-,76-,77-,78-,79-/m0/s1. The molecule has 5 rings (SSSR count). The number of fused-ring (bicyclic) bond motifs is 1. The van der Waals surface area contributed by atoms with E-state index in [0.29, 0.717) is 56.1 Å². The number of H-pyrrole nitrogens is 1. The Bertz CT molecular complexity index is 4580. The van der Waals surface area contributed by atoms with Crippen molar-refractivity contribution >= 4 is 111 Å². The van der Waals surface area contributed by atoms with Gasteiger partial charge in [0, 0.05) is 42.9 Å². The van der Waals surface area contributed by atoms with E-state index in [1.807, 2.05) is 24.3 Å². The summed E-state index contributed by atoms with van der Waals surface area (Å²) in [7, 11) is 0. The highest BCUT2D eigenvalue weighted by Gasteiger charge is 2.43. The molecular weight excluding hydrogens is 1760 g/mol. The van der Waals surface area contributed by atoms with E-state index in [1.165, 1.54) is 18.7 Å². The number of nitrogens with one attached hydrogen (secondary N) is 15. The first-order valence-electron chi connectivity index (χ1n) is 48.1. The first-order chi connectivity index (χ1) is 65.1. The molecule has 1 aliphatic heterocycles. The molecule has 0 aliphatic carbocycles. The van der Waals surface area contributed by atoms with Crippen LogP contribution in [0.25, 0.3) is 10.9 Å². The van der Waals surface area contributed by atoms with Crippen LogP contribution in [-0.4, -0.2) is 251 Å². The molecule has 0 radical (unpaired) electrons. The van der Waals surface area contributed by atoms with Gasteiger partial charge in [0.2, 0.25) is 100 Å². The number of hydrogen-bond donors (Lipinski definition) is 23. The Kier molecular flexibility index (Phi) is 51.0. The van der Waals surface area contributed by atoms with Gasteiger partial charge in [-0.05, 0) is 215 Å². The number of aromatic nitrogens is 1. The predicted octanol–water partition coefficient (Wildman–Crippen LogP) is -1.22. The summed E-state index contributed by atoms with van der Waals surface area (Å²) in [5, 5.41) is 49.6. The molecule has 3 aromatic carbocycles. The van der Waals surface area contributed by atoms with Crippen molar-refractivity contribution in [2.45, 2.75) is 314 Å². The van der Waals surface area contributed by atoms with Gasteiger partial charge in [-0.1, -0.05) is 134 Å². The number of para-hydroxylation sites is 1. The van der Waals surface area contributed by atoms with Crippen LogP contribution in [0.5, 0.6) is 0 Å². The van der Waals surface area contributed by atoms with Crippen LogP contribution in [0.3, 0.4) is 0 Å². The van der Waals surface area contributed by atoms with Crippen LogP contribution in [0, 0.1) is 23.7 Å². The molecule has 17 amide bonds. The quantitative estimate of drug-likeness (QED) is 0.0231. The predicted molar refractivity (Wildman–Crippen MR) is 518 cm³/mol. The number of aliphatic hydroxyl groups excluding tert-OH is 1. The first kappa shape index (κ1) is 115. The molecular formula is C96H153N23O18. The number of nitrogens with two attached hydrogens (primary N) is 7. The highest BCUT2D eigenvalue weighted by molar-refractivity contribution is 6.02. The minimum absolute atomic E-state index is 0.000476. The van der Waals surface area contributed by atoms with Crippen molar-refractivity contribution in [3.63, 3.8) is 0 Å². The van der Waals surface area contributed by atoms with Gasteiger partial charge in [-0.15, -0.1) is 0 Å². The molecule has 1 aromatic heterocycles. The van der Waals surface area contributed by atoms with E-state index >= 15 is 4.79 Å². The lowest BCUT2D eigenvalue weighted by Gasteiger charge is -2.31. The van der Waals surface area contributed by atoms with Crippen molar-refractivity contribution in [2.24, 2.45) is 63.8 Å². The summed E-state index contributed by atoms with van der Waals surface area (Å²) < 4.78 is 0. The fourth-order valence-electron chi connectivity index (χ4n) is 15.9. The Balaban J connectivity index is 1.35. The van der Waals surface area contributed by atoms with E-state index in [0.717, 1.165) is 16.5 Å². The minimum atomic E-state index is -1.79. The van der Waals surface area contributed by atoms with Crippen LogP contribution < -0.4 is 115 Å². The summed E-state index contributed by atoms with van der Waals surface area (Å²) in [4.78, 5) is 246. The third-order valence-electron chi connectivity index (χ3n) is 23.4. The van der Waals surface area contributed by atoms with E-state index in [4.69, 9.17) is 40.1 Å². The summed E-state index contributed by atoms with van der Waals surface area (Å²) in [6.45, 7) is 17.0. The van der Waals surface area contributed by atoms with Crippen molar-refractivity contribution in [3.05, 3.63) is 108 Å². The molecule has 30 N–H and O–H groups in total. The van der Waals surface area contributed by atoms with Crippen molar-refractivity contribution in [2.75, 3.05) is 39.3 Å². The molecule has 0 spiro atoms. The number of carbonyl (C=O) groups excluding carboxylic acids is 17. The normalized spacial score (nSPS) is 15.8. The van der Waals surface area contributed by atoms with Crippen LogP contribution in [-0.2, 0) is 101 Å². The molecule has 137 heavy (non-hydrogen) atoms. The molecule has 41 nitrogen and oxygen atoms in total. The molecule has 16 atom stereocenters. The largest absolute Gasteiger partial charge is 0.394 e. The third-order valence-corrected chi connectivity index (χ3v) is 23.4. The second-order valence-corrected chi connectivity index (χ2v) is 37.2. The van der Waals surface area contributed by atoms with Gasteiger partial charge in [-0.25, -0.2) is 0 Å². The van der Waals surface area contributed by atoms with Gasteiger partial charge in [0.1, 0.15) is 90.6 Å². The maximum atomic E-state index is 15.0. The van der Waals surface area contributed by atoms with Gasteiger partial charge in [0.15, 0.2) is 0 Å². The monoisotopic (exact) mass is 1920 g/mol. The van der Waals surface area contributed by atoms with Gasteiger partial charge in [-0.2, -0.15) is 0 Å². The Hall–Kier alpha value is -12.1. The fraction of sp³-hybridized carbons (Fsp3) is 0.615. The molecule has 2 heterocycles. The molecule has 1 aliphatic rings. The Morgan fingerprint density at radius 2 is 0.701 bits per heavy atom. The molecule has 4 aromatic rings. The number of nitrogens with zero attached hydrogens (tertiary/aromatic N) is 1. The van der Waals surface area contributed by atoms with Gasteiger partial charge in [-0.3, -0.25) is 81.5 Å². The SMILES string of the molecule is CC(C)C[C@H](NC(=O)[C@H](CCCCN)NC(=O)[C@H](CCC(N)=O)NC(=O)[C@H](C)NC(=O)[C@@H](N)Cc1ccccc1)C(=O)N[C@@H](CC(C)C)C(=O)N[C@@H](CCCCN)C(=O)N[C@@H](CCCCN)C(=O)N[C@@H](Cc1ccccc1)C(=O)N[C@@H](CO)C(=O)N[C@@H](CC(C)C)C(=O)N[C@@H](CC(C)C)C(=O)N[C@@H](CCCCN)C(=O)N1CCC[C@H]1C(=O)N[C@@H](Cc1c[nH]c2ccccc12)C(=O)N[C@@H](C)C(N)=O. The molecule has 760 valence electrons. The number of aliphatic hydroxyl groups is 1. The summed E-state index contributed by atoms with van der Waals surface area (Å²) in [5.74, 6) is -14.9. The van der Waals surface area contributed by atoms with E-state index in [2.05, 4.69) is 79.4 Å². The number of rotatable bonds is 64. The van der Waals surface area contributed by atoms with E-state index in [1.54, 1.807) is 122 Å². The maximum absolute atomic E-state index is 15.0. The number of primary amides is 2. The summed E-state index contributed by atoms with van der Waals surface area (Å²) in [5.41, 5.74) is 43.6. The molecule has 1 saturated heterocycles. The third kappa shape index (κ3) is 40.6. The second-order valence-electron chi connectivity index (χ2n) is 37.2. The second kappa shape index (κ2) is 60.5. The lowest BCUT2D eigenvalue weighted by molar-refractivity contribution is -0.142. The lowest BCUT2D eigenvalue weighted by atomic mass is 9.98. The molecule has 0 saturated carbocycles. The van der Waals surface area contributed by atoms with E-state index < -0.39 is 204 Å². The first-order valence-corrected chi connectivity index (χ1v) is 48.1. The Morgan fingerprint density at radius 3 is 1.12 bits per heavy atom. The number of unbranched alkanes of at least 4 members (excludes halogenated alkanes) is 4. The van der Waals surface area contributed by atoms with Crippen molar-refractivity contribution in [1.29, 1.82) is 0 Å². The smallest absolute Gasteiger partial charge is 0.245 e. The van der Waals surface area contributed by atoms with Crippen LogP contribution >= 0.6 is 0 Å². The van der Waals surface area contributed by atoms with Gasteiger partial charge in [0.25, 0.3) is 0 Å². The van der Waals surface area contributed by atoms with Crippen molar-refractivity contribution in [1.82, 2.24) is 84.3 Å². The number of aromatic amines is 1. The number of likely N-dealkylation sites (tertiary alicyclic amines) is 1. The van der Waals surface area contributed by atoms with E-state index in [-0.39, 0.29) is 159 Å². The van der Waals surface area contributed by atoms with E-state index in [9.17, 15) is 81.8 Å². The Morgan fingerprint density at radius 1 is 0.365 bits per heavy atom. The minimum Gasteiger partial charge on any atom is -0.394 e. The average molecular weight is 1920 g/mol. The molecule has 0 bridgehead atoms. The molecule has 0 unspecified atom stereocenters. The zero-order chi connectivity index (χ0) is 102. The van der Waals surface area contributed by atoms with Crippen LogP contribution in [0.15, 0.2) is 91.1 Å². The highest BCUT2D eigenvalue weighted by Crippen LogP contribution is 2.25. The maximum Gasteiger partial charge on any atom is 0.245 e. The summed E-state index contributed by atoms with van der Waals surface area (Å²) >= 11 is 0. The van der Waals surface area contributed by atoms with Crippen LogP contribution in [0.4, 0.5) is 0 Å². The van der Waals surface area contributed by atoms with Gasteiger partial charge < -0.3 is 130 Å². The topological polar surface area (TPSA) is 680 Å². The summed E-state index contributed by atoms with van der Waals surface area (Å²) in [6, 6.07) is 3.34. The number of hydrogen-bond acceptors (Lipinski definition) is 23. The van der Waals surface area contributed by atoms with Gasteiger partial charge in [0.05, 0.1) is 12.6 Å². The van der Waals surface area contributed by atoms with Crippen LogP contribution in [0.2, 0.25) is 0 Å². The van der Waals surface area contributed by atoms with Crippen molar-refractivity contribution in [3.8, 4) is 0 Å². The van der Waals surface area contributed by atoms with Crippen molar-refractivity contribution < 1.29 is 86.6 Å². The summed E-state index contributed by atoms with van der Waals surface area (Å²) in [6.07, 6.45) is 4.29. The van der Waals surface area contributed by atoms with Gasteiger partial charge >= 0.3 is 0 Å². The lowest BCUT2D eigenvalue weighted by Crippen LogP contribution is -2.61. The highest BCUT2D eigenvalue weighted by atomic mass is 16.3. The number of carbonyl (C=O) groups is 17. The van der Waals surface area contributed by atoms with Crippen LogP contribution in [0.1, 0.15) is 214 Å². The fourth-order valence-corrected chi connectivity index (χ4v) is 15.9. The Labute approximate surface area is 803 Å². The average Bonchev–Trinajstić information content (AvgIpc) is 1.67.